The Balaban J connectivity index is 1.73. The molecule has 1 aromatic rings. The summed E-state index contributed by atoms with van der Waals surface area (Å²) in [4.78, 5) is 11.6. The molecule has 1 fully saturated rings. The lowest BCUT2D eigenvalue weighted by molar-refractivity contribution is -0.143. The van der Waals surface area contributed by atoms with E-state index in [1.165, 1.54) is 5.56 Å². The van der Waals surface area contributed by atoms with Gasteiger partial charge in [0.1, 0.15) is 0 Å². The Labute approximate surface area is 192 Å². The predicted molar refractivity (Wildman–Crippen MR) is 127 cm³/mol. The third-order valence-corrected chi connectivity index (χ3v) is 6.13. The Morgan fingerprint density at radius 1 is 1.16 bits per heavy atom. The molecule has 5 heteroatoms. The summed E-state index contributed by atoms with van der Waals surface area (Å²) in [6.07, 6.45) is 12.3. The molecule has 5 nitrogen and oxygen atoms in total. The van der Waals surface area contributed by atoms with Gasteiger partial charge in [0, 0.05) is 18.8 Å². The Hall–Kier alpha value is -1.95. The van der Waals surface area contributed by atoms with Crippen LogP contribution in [0.5, 0.6) is 0 Å². The monoisotopic (exact) mass is 444 g/mol. The lowest BCUT2D eigenvalue weighted by atomic mass is 9.89. The van der Waals surface area contributed by atoms with Gasteiger partial charge in [0.05, 0.1) is 24.9 Å². The number of carbonyl (C=O) groups is 1. The van der Waals surface area contributed by atoms with E-state index in [4.69, 9.17) is 4.74 Å². The summed E-state index contributed by atoms with van der Waals surface area (Å²) in [7, 11) is 0. The number of aliphatic hydroxyl groups excluding tert-OH is 3. The zero-order chi connectivity index (χ0) is 23.2. The van der Waals surface area contributed by atoms with Crippen LogP contribution in [0.3, 0.4) is 0 Å². The van der Waals surface area contributed by atoms with Crippen molar-refractivity contribution >= 4 is 5.97 Å². The standard InChI is InChI=1S/C27H40O5/c1-2-3-19-32-27(31)14-10-5-4-9-13-23-24(26(30)20-25(23)29)18-17-22(28)16-15-21-11-7-6-8-12-21/h4,6-9,11-12,17-18,22-26,28-30H,2-3,5,10,13-16,19-20H2,1H3/t22-,23?,24?,25+,26-/m1/s1. The lowest BCUT2D eigenvalue weighted by Crippen LogP contribution is -2.20. The minimum Gasteiger partial charge on any atom is -0.466 e. The second-order valence-corrected chi connectivity index (χ2v) is 8.76. The summed E-state index contributed by atoms with van der Waals surface area (Å²) >= 11 is 0. The summed E-state index contributed by atoms with van der Waals surface area (Å²) in [5.74, 6) is -0.385. The number of allylic oxidation sites excluding steroid dienone is 2. The third-order valence-electron chi connectivity index (χ3n) is 6.13. The summed E-state index contributed by atoms with van der Waals surface area (Å²) in [5, 5.41) is 31.1. The number of aryl methyl sites for hydroxylation is 1. The molecule has 32 heavy (non-hydrogen) atoms. The number of ether oxygens (including phenoxy) is 1. The van der Waals surface area contributed by atoms with Crippen LogP contribution in [0.2, 0.25) is 0 Å². The minimum atomic E-state index is -0.598. The van der Waals surface area contributed by atoms with E-state index in [1.807, 2.05) is 48.6 Å². The SMILES string of the molecule is CCCCOC(=O)CCCC=CCC1C(C=C[C@H](O)CCc2ccccc2)[C@H](O)C[C@@H]1O. The Morgan fingerprint density at radius 2 is 1.94 bits per heavy atom. The molecule has 178 valence electrons. The zero-order valence-corrected chi connectivity index (χ0v) is 19.3. The van der Waals surface area contributed by atoms with Crippen LogP contribution in [0, 0.1) is 11.8 Å². The highest BCUT2D eigenvalue weighted by Crippen LogP contribution is 2.36. The van der Waals surface area contributed by atoms with E-state index < -0.39 is 18.3 Å². The number of aliphatic hydroxyl groups is 3. The highest BCUT2D eigenvalue weighted by Gasteiger charge is 2.39. The molecular formula is C27H40O5. The van der Waals surface area contributed by atoms with E-state index in [2.05, 4.69) is 6.92 Å². The van der Waals surface area contributed by atoms with Crippen molar-refractivity contribution in [3.63, 3.8) is 0 Å². The van der Waals surface area contributed by atoms with E-state index in [9.17, 15) is 20.1 Å². The number of benzene rings is 1. The van der Waals surface area contributed by atoms with Gasteiger partial charge in [-0.1, -0.05) is 68.0 Å². The molecule has 3 N–H and O–H groups in total. The fourth-order valence-corrected chi connectivity index (χ4v) is 4.16. The Kier molecular flexibility index (Phi) is 12.3. The summed E-state index contributed by atoms with van der Waals surface area (Å²) in [5.41, 5.74) is 1.19. The number of unbranched alkanes of at least 4 members (excludes halogenated alkanes) is 2. The van der Waals surface area contributed by atoms with Gasteiger partial charge in [-0.3, -0.25) is 4.79 Å². The van der Waals surface area contributed by atoms with E-state index in [0.29, 0.717) is 32.3 Å². The quantitative estimate of drug-likeness (QED) is 0.226. The fraction of sp³-hybridized carbons (Fsp3) is 0.593. The van der Waals surface area contributed by atoms with Gasteiger partial charge < -0.3 is 20.1 Å². The van der Waals surface area contributed by atoms with Crippen LogP contribution < -0.4 is 0 Å². The molecule has 0 aliphatic heterocycles. The summed E-state index contributed by atoms with van der Waals surface area (Å²) < 4.78 is 5.15. The average molecular weight is 445 g/mol. The van der Waals surface area contributed by atoms with Crippen molar-refractivity contribution in [2.24, 2.45) is 11.8 Å². The molecular weight excluding hydrogens is 404 g/mol. The van der Waals surface area contributed by atoms with Gasteiger partial charge in [-0.15, -0.1) is 0 Å². The van der Waals surface area contributed by atoms with Crippen molar-refractivity contribution in [2.45, 2.75) is 83.0 Å². The van der Waals surface area contributed by atoms with Gasteiger partial charge in [-0.25, -0.2) is 0 Å². The van der Waals surface area contributed by atoms with Gasteiger partial charge >= 0.3 is 5.97 Å². The Morgan fingerprint density at radius 3 is 2.69 bits per heavy atom. The zero-order valence-electron chi connectivity index (χ0n) is 19.3. The van der Waals surface area contributed by atoms with Crippen LogP contribution in [-0.4, -0.2) is 46.2 Å². The second-order valence-electron chi connectivity index (χ2n) is 8.76. The van der Waals surface area contributed by atoms with Crippen molar-refractivity contribution in [3.05, 3.63) is 60.2 Å². The van der Waals surface area contributed by atoms with Gasteiger partial charge in [-0.2, -0.15) is 0 Å². The topological polar surface area (TPSA) is 87.0 Å². The molecule has 1 aliphatic carbocycles. The Bertz CT molecular complexity index is 699. The highest BCUT2D eigenvalue weighted by atomic mass is 16.5. The first-order valence-electron chi connectivity index (χ1n) is 12.1. The van der Waals surface area contributed by atoms with Crippen LogP contribution in [0.4, 0.5) is 0 Å². The van der Waals surface area contributed by atoms with Crippen molar-refractivity contribution in [1.82, 2.24) is 0 Å². The molecule has 0 radical (unpaired) electrons. The first-order valence-corrected chi connectivity index (χ1v) is 12.1. The van der Waals surface area contributed by atoms with Crippen LogP contribution in [0.15, 0.2) is 54.6 Å². The molecule has 2 unspecified atom stereocenters. The van der Waals surface area contributed by atoms with Crippen LogP contribution >= 0.6 is 0 Å². The molecule has 1 aliphatic rings. The maximum absolute atomic E-state index is 11.6. The number of hydrogen-bond acceptors (Lipinski definition) is 5. The van der Waals surface area contributed by atoms with Crippen LogP contribution in [-0.2, 0) is 16.0 Å². The van der Waals surface area contributed by atoms with E-state index in [-0.39, 0.29) is 17.8 Å². The van der Waals surface area contributed by atoms with Gasteiger partial charge in [0.25, 0.3) is 0 Å². The molecule has 0 spiro atoms. The maximum Gasteiger partial charge on any atom is 0.305 e. The molecule has 0 bridgehead atoms. The van der Waals surface area contributed by atoms with Crippen molar-refractivity contribution in [1.29, 1.82) is 0 Å². The molecule has 5 atom stereocenters. The first-order chi connectivity index (χ1) is 15.5. The second kappa shape index (κ2) is 15.0. The maximum atomic E-state index is 11.6. The molecule has 0 heterocycles. The van der Waals surface area contributed by atoms with E-state index in [1.54, 1.807) is 6.08 Å². The van der Waals surface area contributed by atoms with E-state index >= 15 is 0 Å². The summed E-state index contributed by atoms with van der Waals surface area (Å²) in [6.45, 7) is 2.57. The lowest BCUT2D eigenvalue weighted by Gasteiger charge is -2.19. The van der Waals surface area contributed by atoms with E-state index in [0.717, 1.165) is 32.1 Å². The number of esters is 1. The molecule has 0 saturated heterocycles. The normalized spacial score (nSPS) is 24.4. The molecule has 1 aromatic carbocycles. The van der Waals surface area contributed by atoms with Crippen LogP contribution in [0.1, 0.15) is 63.9 Å². The smallest absolute Gasteiger partial charge is 0.305 e. The van der Waals surface area contributed by atoms with Crippen molar-refractivity contribution in [2.75, 3.05) is 6.61 Å². The molecule has 1 saturated carbocycles. The minimum absolute atomic E-state index is 0.0715. The van der Waals surface area contributed by atoms with Gasteiger partial charge in [0.2, 0.25) is 0 Å². The van der Waals surface area contributed by atoms with Crippen LogP contribution in [0.25, 0.3) is 0 Å². The average Bonchev–Trinajstić information content (AvgIpc) is 3.06. The number of rotatable bonds is 14. The first kappa shape index (κ1) is 26.3. The van der Waals surface area contributed by atoms with Gasteiger partial charge in [-0.05, 0) is 50.0 Å². The highest BCUT2D eigenvalue weighted by molar-refractivity contribution is 5.69. The molecule has 0 amide bonds. The van der Waals surface area contributed by atoms with Crippen molar-refractivity contribution < 1.29 is 24.9 Å². The van der Waals surface area contributed by atoms with Crippen molar-refractivity contribution in [3.8, 4) is 0 Å². The fourth-order valence-electron chi connectivity index (χ4n) is 4.16. The molecule has 2 rings (SSSR count). The predicted octanol–water partition coefficient (Wildman–Crippen LogP) is 4.35. The summed E-state index contributed by atoms with van der Waals surface area (Å²) in [6, 6.07) is 10.1. The molecule has 0 aromatic heterocycles. The third kappa shape index (κ3) is 9.68. The number of hydrogen-bond donors (Lipinski definition) is 3. The van der Waals surface area contributed by atoms with Gasteiger partial charge in [0.15, 0.2) is 0 Å². The number of carbonyl (C=O) groups excluding carboxylic acids is 1. The largest absolute Gasteiger partial charge is 0.466 e.